The lowest BCUT2D eigenvalue weighted by Crippen LogP contribution is -2.28. The third-order valence-electron chi connectivity index (χ3n) is 6.82. The van der Waals surface area contributed by atoms with Gasteiger partial charge in [0.25, 0.3) is 5.91 Å². The summed E-state index contributed by atoms with van der Waals surface area (Å²) in [6.45, 7) is 7.62. The molecule has 7 heteroatoms. The van der Waals surface area contributed by atoms with Crippen LogP contribution in [0.5, 0.6) is 0 Å². The largest absolute Gasteiger partial charge is 0.388 e. The summed E-state index contributed by atoms with van der Waals surface area (Å²) in [5, 5.41) is 15.3. The predicted molar refractivity (Wildman–Crippen MR) is 136 cm³/mol. The highest BCUT2D eigenvalue weighted by Gasteiger charge is 2.30. The van der Waals surface area contributed by atoms with E-state index in [1.54, 1.807) is 0 Å². The molecule has 33 heavy (non-hydrogen) atoms. The molecule has 2 aromatic carbocycles. The number of piperidine rings is 1. The van der Waals surface area contributed by atoms with Crippen LogP contribution in [-0.4, -0.2) is 34.0 Å². The van der Waals surface area contributed by atoms with Gasteiger partial charge in [0.1, 0.15) is 0 Å². The van der Waals surface area contributed by atoms with Crippen molar-refractivity contribution in [2.75, 3.05) is 13.1 Å². The number of benzene rings is 2. The van der Waals surface area contributed by atoms with Crippen LogP contribution >= 0.6 is 24.0 Å². The van der Waals surface area contributed by atoms with Crippen molar-refractivity contribution in [3.8, 4) is 11.3 Å². The van der Waals surface area contributed by atoms with Gasteiger partial charge in [0.2, 0.25) is 0 Å². The van der Waals surface area contributed by atoms with E-state index in [1.807, 2.05) is 19.9 Å². The highest BCUT2D eigenvalue weighted by molar-refractivity contribution is 6.33. The van der Waals surface area contributed by atoms with Gasteiger partial charge < -0.3 is 15.4 Å². The molecule has 2 aliphatic rings. The predicted octanol–water partition coefficient (Wildman–Crippen LogP) is 5.83. The van der Waals surface area contributed by atoms with Gasteiger partial charge >= 0.3 is 0 Å². The van der Waals surface area contributed by atoms with Crippen molar-refractivity contribution in [1.82, 2.24) is 15.2 Å². The Morgan fingerprint density at radius 1 is 1.12 bits per heavy atom. The number of nitrogens with one attached hydrogen (secondary N) is 2. The van der Waals surface area contributed by atoms with Gasteiger partial charge in [-0.1, -0.05) is 37.9 Å². The van der Waals surface area contributed by atoms with Crippen molar-refractivity contribution in [2.24, 2.45) is 5.92 Å². The number of aliphatic hydroxyl groups is 1. The zero-order chi connectivity index (χ0) is 22.4. The summed E-state index contributed by atoms with van der Waals surface area (Å²) in [6.07, 6.45) is 3.21. The van der Waals surface area contributed by atoms with E-state index in [-0.39, 0.29) is 24.2 Å². The van der Waals surface area contributed by atoms with Gasteiger partial charge in [-0.2, -0.15) is 0 Å². The quantitative estimate of drug-likeness (QED) is 0.424. The topological polar surface area (TPSA) is 68.4 Å². The summed E-state index contributed by atoms with van der Waals surface area (Å²) in [4.78, 5) is 18.7. The average molecular weight is 488 g/mol. The Hall–Kier alpha value is -2.05. The number of aliphatic hydroxyl groups excluding tert-OH is 1. The molecule has 1 fully saturated rings. The molecule has 3 N–H and O–H groups in total. The number of H-pyrrole nitrogens is 1. The van der Waals surface area contributed by atoms with Crippen LogP contribution in [0.4, 0.5) is 0 Å². The molecule has 2 aliphatic heterocycles. The second kappa shape index (κ2) is 9.67. The molecule has 176 valence electrons. The smallest absolute Gasteiger partial charge is 0.252 e. The monoisotopic (exact) mass is 487 g/mol. The van der Waals surface area contributed by atoms with Crippen LogP contribution in [0.2, 0.25) is 5.02 Å². The van der Waals surface area contributed by atoms with Crippen LogP contribution in [-0.2, 0) is 13.1 Å². The van der Waals surface area contributed by atoms with Crippen LogP contribution in [0.15, 0.2) is 30.3 Å². The lowest BCUT2D eigenvalue weighted by molar-refractivity contribution is 0.0966. The van der Waals surface area contributed by atoms with E-state index < -0.39 is 6.10 Å². The second-order valence-electron chi connectivity index (χ2n) is 9.49. The molecule has 0 spiro atoms. The minimum absolute atomic E-state index is 0. The molecule has 1 atom stereocenters. The lowest BCUT2D eigenvalue weighted by Gasteiger charge is -2.26. The summed E-state index contributed by atoms with van der Waals surface area (Å²) >= 11 is 6.64. The number of aromatic amines is 1. The molecule has 0 bridgehead atoms. The van der Waals surface area contributed by atoms with Gasteiger partial charge in [0.05, 0.1) is 16.7 Å². The van der Waals surface area contributed by atoms with Gasteiger partial charge in [-0.25, -0.2) is 0 Å². The van der Waals surface area contributed by atoms with E-state index in [0.717, 1.165) is 34.3 Å². The molecular weight excluding hydrogens is 457 g/mol. The average Bonchev–Trinajstić information content (AvgIpc) is 3.38. The molecule has 1 amide bonds. The Morgan fingerprint density at radius 2 is 1.88 bits per heavy atom. The molecular formula is C26H31Cl2N3O2. The zero-order valence-corrected chi connectivity index (χ0v) is 20.7. The van der Waals surface area contributed by atoms with E-state index in [9.17, 15) is 9.90 Å². The molecule has 0 radical (unpaired) electrons. The molecule has 0 saturated carbocycles. The van der Waals surface area contributed by atoms with Crippen LogP contribution in [0, 0.1) is 5.92 Å². The molecule has 1 aromatic heterocycles. The van der Waals surface area contributed by atoms with Gasteiger partial charge in [-0.05, 0) is 61.7 Å². The van der Waals surface area contributed by atoms with Crippen molar-refractivity contribution in [3.05, 3.63) is 57.6 Å². The first kappa shape index (κ1) is 24.1. The number of fused-ring (bicyclic) bond motifs is 2. The first-order valence-electron chi connectivity index (χ1n) is 11.6. The number of hydrogen-bond acceptors (Lipinski definition) is 3. The van der Waals surface area contributed by atoms with Crippen molar-refractivity contribution in [2.45, 2.75) is 52.3 Å². The van der Waals surface area contributed by atoms with Gasteiger partial charge in [-0.3, -0.25) is 9.69 Å². The fourth-order valence-corrected chi connectivity index (χ4v) is 5.34. The number of carbonyl (C=O) groups is 1. The number of hydrogen-bond donors (Lipinski definition) is 3. The van der Waals surface area contributed by atoms with Crippen molar-refractivity contribution >= 4 is 40.8 Å². The number of amides is 1. The normalized spacial score (nSPS) is 17.2. The molecule has 5 nitrogen and oxygen atoms in total. The van der Waals surface area contributed by atoms with Crippen LogP contribution in [0.3, 0.4) is 0 Å². The number of rotatable bonds is 5. The number of nitrogens with zero attached hydrogens (tertiary/aromatic N) is 1. The Labute approximate surface area is 205 Å². The number of likely N-dealkylation sites (tertiary alicyclic amines) is 1. The maximum Gasteiger partial charge on any atom is 0.252 e. The zero-order valence-electron chi connectivity index (χ0n) is 19.1. The third kappa shape index (κ3) is 4.52. The minimum Gasteiger partial charge on any atom is -0.388 e. The molecule has 5 rings (SSSR count). The van der Waals surface area contributed by atoms with E-state index in [2.05, 4.69) is 39.5 Å². The molecule has 3 aromatic rings. The summed E-state index contributed by atoms with van der Waals surface area (Å²) in [6, 6.07) is 10.5. The Balaban J connectivity index is 0.00000259. The summed E-state index contributed by atoms with van der Waals surface area (Å²) in [5.41, 5.74) is 6.06. The fourth-order valence-electron chi connectivity index (χ4n) is 5.01. The highest BCUT2D eigenvalue weighted by Crippen LogP contribution is 2.40. The highest BCUT2D eigenvalue weighted by atomic mass is 35.5. The number of halogens is 2. The number of aromatic nitrogens is 1. The van der Waals surface area contributed by atoms with E-state index >= 15 is 0 Å². The standard InChI is InChI=1S/C26H30ClN3O2.ClH/c1-15(2)25(31)19-12-18(23-20(24(19)27)13-28-26(23)32)22-11-17-10-16(6-7-21(17)29-22)14-30-8-4-3-5-9-30;/h6-7,10-12,15,25,29,31H,3-5,8-9,13-14H2,1-2H3,(H,28,32);1H. The Bertz CT molecular complexity index is 1180. The first-order valence-corrected chi connectivity index (χ1v) is 12.0. The lowest BCUT2D eigenvalue weighted by atomic mass is 9.91. The third-order valence-corrected chi connectivity index (χ3v) is 7.27. The molecule has 0 aliphatic carbocycles. The molecule has 1 unspecified atom stereocenters. The van der Waals surface area contributed by atoms with Gasteiger partial charge in [-0.15, -0.1) is 12.4 Å². The van der Waals surface area contributed by atoms with Crippen molar-refractivity contribution in [3.63, 3.8) is 0 Å². The second-order valence-corrected chi connectivity index (χ2v) is 9.87. The van der Waals surface area contributed by atoms with E-state index in [4.69, 9.17) is 11.6 Å². The fraction of sp³-hybridized carbons (Fsp3) is 0.423. The summed E-state index contributed by atoms with van der Waals surface area (Å²) < 4.78 is 0. The summed E-state index contributed by atoms with van der Waals surface area (Å²) in [5.74, 6) is -0.101. The first-order chi connectivity index (χ1) is 15.4. The van der Waals surface area contributed by atoms with Gasteiger partial charge in [0.15, 0.2) is 0 Å². The van der Waals surface area contributed by atoms with Crippen LogP contribution in [0.1, 0.15) is 66.3 Å². The number of carbonyl (C=O) groups excluding carboxylic acids is 1. The summed E-state index contributed by atoms with van der Waals surface area (Å²) in [7, 11) is 0. The van der Waals surface area contributed by atoms with Crippen molar-refractivity contribution < 1.29 is 9.90 Å². The van der Waals surface area contributed by atoms with Crippen LogP contribution in [0.25, 0.3) is 22.2 Å². The Kier molecular flexibility index (Phi) is 7.06. The van der Waals surface area contributed by atoms with Gasteiger partial charge in [0, 0.05) is 46.4 Å². The van der Waals surface area contributed by atoms with Crippen LogP contribution < -0.4 is 5.32 Å². The van der Waals surface area contributed by atoms with E-state index in [1.165, 1.54) is 37.9 Å². The Morgan fingerprint density at radius 3 is 2.61 bits per heavy atom. The molecule has 1 saturated heterocycles. The maximum atomic E-state index is 12.7. The minimum atomic E-state index is -0.692. The molecule has 3 heterocycles. The van der Waals surface area contributed by atoms with E-state index in [0.29, 0.717) is 22.7 Å². The maximum absolute atomic E-state index is 12.7. The van der Waals surface area contributed by atoms with Crippen molar-refractivity contribution in [1.29, 1.82) is 0 Å². The SMILES string of the molecule is CC(C)C(O)c1cc(-c2cc3cc(CN4CCCCC4)ccc3[nH]2)c2c(c1Cl)CNC2=O.Cl.